The number of benzene rings is 1. The number of hydrogen-bond acceptors (Lipinski definition) is 4. The molecule has 102 valence electrons. The molecule has 2 N–H and O–H groups in total. The Morgan fingerprint density at radius 3 is 2.89 bits per heavy atom. The van der Waals surface area contributed by atoms with Crippen LogP contribution in [-0.4, -0.2) is 42.9 Å². The molecule has 5 heteroatoms. The zero-order valence-electron chi connectivity index (χ0n) is 10.8. The van der Waals surface area contributed by atoms with Crippen LogP contribution in [0.2, 0.25) is 0 Å². The van der Waals surface area contributed by atoms with E-state index < -0.39 is 5.97 Å². The van der Waals surface area contributed by atoms with E-state index in [0.29, 0.717) is 19.7 Å². The van der Waals surface area contributed by atoms with Gasteiger partial charge in [0.05, 0.1) is 24.3 Å². The number of anilines is 1. The van der Waals surface area contributed by atoms with Gasteiger partial charge < -0.3 is 20.1 Å². The molecule has 0 saturated carbocycles. The summed E-state index contributed by atoms with van der Waals surface area (Å²) in [6.07, 6.45) is 1.07. The summed E-state index contributed by atoms with van der Waals surface area (Å²) in [5, 5.41) is 12.4. The summed E-state index contributed by atoms with van der Waals surface area (Å²) in [7, 11) is 0. The van der Waals surface area contributed by atoms with Gasteiger partial charge in [0.15, 0.2) is 0 Å². The third kappa shape index (κ3) is 2.14. The van der Waals surface area contributed by atoms with E-state index in [0.717, 1.165) is 24.4 Å². The lowest BCUT2D eigenvalue weighted by Crippen LogP contribution is -2.70. The van der Waals surface area contributed by atoms with Crippen molar-refractivity contribution in [2.45, 2.75) is 18.4 Å². The van der Waals surface area contributed by atoms with E-state index in [4.69, 9.17) is 4.74 Å². The fourth-order valence-corrected chi connectivity index (χ4v) is 2.93. The van der Waals surface area contributed by atoms with Gasteiger partial charge in [0, 0.05) is 19.6 Å². The molecule has 1 aromatic carbocycles. The Morgan fingerprint density at radius 2 is 2.21 bits per heavy atom. The maximum Gasteiger partial charge on any atom is 0.305 e. The highest BCUT2D eigenvalue weighted by Crippen LogP contribution is 2.38. The molecule has 0 aliphatic carbocycles. The van der Waals surface area contributed by atoms with Crippen molar-refractivity contribution in [2.24, 2.45) is 0 Å². The maximum absolute atomic E-state index is 11.2. The number of ether oxygens (including phenoxy) is 1. The number of carboxylic acid groups (broad SMARTS) is 1. The Balaban J connectivity index is 1.97. The summed E-state index contributed by atoms with van der Waals surface area (Å²) in [5.41, 5.74) is 0.707. The first kappa shape index (κ1) is 12.3. The molecule has 0 bridgehead atoms. The van der Waals surface area contributed by atoms with Gasteiger partial charge in [0.1, 0.15) is 5.75 Å². The maximum atomic E-state index is 11.2. The van der Waals surface area contributed by atoms with Crippen LogP contribution in [0.15, 0.2) is 24.3 Å². The number of nitrogens with one attached hydrogen (secondary N) is 1. The highest BCUT2D eigenvalue weighted by atomic mass is 16.5. The van der Waals surface area contributed by atoms with Crippen molar-refractivity contribution in [2.75, 3.05) is 31.1 Å². The van der Waals surface area contributed by atoms with Crippen LogP contribution >= 0.6 is 0 Å². The van der Waals surface area contributed by atoms with Gasteiger partial charge in [-0.3, -0.25) is 4.79 Å². The first-order valence-corrected chi connectivity index (χ1v) is 6.63. The largest absolute Gasteiger partial charge is 0.491 e. The minimum Gasteiger partial charge on any atom is -0.491 e. The fraction of sp³-hybridized carbons (Fsp3) is 0.500. The van der Waals surface area contributed by atoms with Crippen LogP contribution in [-0.2, 0) is 4.79 Å². The van der Waals surface area contributed by atoms with Crippen LogP contribution in [0, 0.1) is 0 Å². The lowest BCUT2D eigenvalue weighted by molar-refractivity contribution is -0.139. The summed E-state index contributed by atoms with van der Waals surface area (Å²) >= 11 is 0. The van der Waals surface area contributed by atoms with Crippen LogP contribution in [0.1, 0.15) is 12.8 Å². The average Bonchev–Trinajstić information content (AvgIpc) is 2.56. The number of rotatable bonds is 3. The van der Waals surface area contributed by atoms with Gasteiger partial charge in [0.25, 0.3) is 0 Å². The van der Waals surface area contributed by atoms with E-state index in [2.05, 4.69) is 10.2 Å². The van der Waals surface area contributed by atoms with Crippen molar-refractivity contribution in [1.82, 2.24) is 5.32 Å². The van der Waals surface area contributed by atoms with Crippen LogP contribution in [0.4, 0.5) is 5.69 Å². The molecule has 1 aromatic rings. The first-order valence-electron chi connectivity index (χ1n) is 6.63. The van der Waals surface area contributed by atoms with Gasteiger partial charge >= 0.3 is 5.97 Å². The second kappa shape index (κ2) is 4.74. The first-order chi connectivity index (χ1) is 9.21. The van der Waals surface area contributed by atoms with E-state index in [1.54, 1.807) is 0 Å². The van der Waals surface area contributed by atoms with Crippen molar-refractivity contribution in [3.8, 4) is 5.75 Å². The van der Waals surface area contributed by atoms with Crippen molar-refractivity contribution in [3.63, 3.8) is 0 Å². The number of nitrogens with zero attached hydrogens (tertiary/aromatic N) is 1. The fourth-order valence-electron chi connectivity index (χ4n) is 2.93. The molecule has 2 aliphatic heterocycles. The van der Waals surface area contributed by atoms with E-state index in [9.17, 15) is 9.90 Å². The van der Waals surface area contributed by atoms with E-state index in [-0.39, 0.29) is 12.0 Å². The van der Waals surface area contributed by atoms with E-state index >= 15 is 0 Å². The molecule has 2 aliphatic rings. The number of fused-ring (bicyclic) bond motifs is 1. The lowest BCUT2D eigenvalue weighted by atomic mass is 9.85. The monoisotopic (exact) mass is 262 g/mol. The zero-order valence-corrected chi connectivity index (χ0v) is 10.8. The van der Waals surface area contributed by atoms with Gasteiger partial charge in [-0.05, 0) is 18.6 Å². The van der Waals surface area contributed by atoms with Crippen LogP contribution < -0.4 is 15.0 Å². The Kier molecular flexibility index (Phi) is 3.06. The smallest absolute Gasteiger partial charge is 0.305 e. The van der Waals surface area contributed by atoms with Crippen LogP contribution in [0.25, 0.3) is 0 Å². The van der Waals surface area contributed by atoms with Crippen molar-refractivity contribution >= 4 is 11.7 Å². The molecule has 1 fully saturated rings. The molecule has 0 unspecified atom stereocenters. The van der Waals surface area contributed by atoms with Gasteiger partial charge in [0.2, 0.25) is 0 Å². The highest BCUT2D eigenvalue weighted by Gasteiger charge is 2.45. The molecular formula is C14H18N2O3. The number of carboxylic acids is 1. The molecule has 0 radical (unpaired) electrons. The minimum absolute atomic E-state index is 0.161. The molecule has 19 heavy (non-hydrogen) atoms. The minimum atomic E-state index is -0.746. The molecule has 1 saturated heterocycles. The number of carbonyl (C=O) groups is 1. The Labute approximate surface area is 112 Å². The van der Waals surface area contributed by atoms with Crippen molar-refractivity contribution < 1.29 is 14.6 Å². The molecule has 5 nitrogen and oxygen atoms in total. The van der Waals surface area contributed by atoms with E-state index in [1.807, 2.05) is 24.3 Å². The molecule has 0 atom stereocenters. The quantitative estimate of drug-likeness (QED) is 0.854. The highest BCUT2D eigenvalue weighted by molar-refractivity contribution is 5.72. The number of para-hydroxylation sites is 2. The van der Waals surface area contributed by atoms with Gasteiger partial charge in [-0.2, -0.15) is 0 Å². The summed E-state index contributed by atoms with van der Waals surface area (Å²) < 4.78 is 5.74. The topological polar surface area (TPSA) is 61.8 Å². The van der Waals surface area contributed by atoms with Crippen LogP contribution in [0.3, 0.4) is 0 Å². The second-order valence-corrected chi connectivity index (χ2v) is 5.22. The summed E-state index contributed by atoms with van der Waals surface area (Å²) in [6, 6.07) is 7.89. The number of hydrogen-bond donors (Lipinski definition) is 2. The molecule has 0 aromatic heterocycles. The number of aliphatic carboxylic acids is 1. The molecule has 2 heterocycles. The zero-order chi connectivity index (χ0) is 13.3. The standard InChI is InChI=1S/C14H18N2O3/c17-13(18)8-14(9-15-10-14)16-6-3-7-19-12-5-2-1-4-11(12)16/h1-2,4-5,15H,3,6-10H2,(H,17,18). The third-order valence-corrected chi connectivity index (χ3v) is 3.90. The Morgan fingerprint density at radius 1 is 1.42 bits per heavy atom. The summed E-state index contributed by atoms with van der Waals surface area (Å²) in [4.78, 5) is 13.4. The van der Waals surface area contributed by atoms with Gasteiger partial charge in [-0.1, -0.05) is 12.1 Å². The summed E-state index contributed by atoms with van der Waals surface area (Å²) in [6.45, 7) is 2.96. The summed E-state index contributed by atoms with van der Waals surface area (Å²) in [5.74, 6) is 0.112. The molecular weight excluding hydrogens is 244 g/mol. The lowest BCUT2D eigenvalue weighted by Gasteiger charge is -2.51. The van der Waals surface area contributed by atoms with Crippen molar-refractivity contribution in [1.29, 1.82) is 0 Å². The van der Waals surface area contributed by atoms with Gasteiger partial charge in [-0.15, -0.1) is 0 Å². The molecule has 3 rings (SSSR count). The molecule has 0 spiro atoms. The predicted octanol–water partition coefficient (Wildman–Crippen LogP) is 1.09. The third-order valence-electron chi connectivity index (χ3n) is 3.90. The second-order valence-electron chi connectivity index (χ2n) is 5.22. The van der Waals surface area contributed by atoms with Crippen LogP contribution in [0.5, 0.6) is 5.75 Å². The average molecular weight is 262 g/mol. The Hall–Kier alpha value is -1.75. The molecule has 0 amide bonds. The van der Waals surface area contributed by atoms with E-state index in [1.165, 1.54) is 0 Å². The van der Waals surface area contributed by atoms with Gasteiger partial charge in [-0.25, -0.2) is 0 Å². The SMILES string of the molecule is O=C(O)CC1(N2CCCOc3ccccc32)CNC1. The normalized spacial score (nSPS) is 20.7. The van der Waals surface area contributed by atoms with Crippen molar-refractivity contribution in [3.05, 3.63) is 24.3 Å². The Bertz CT molecular complexity index is 485. The predicted molar refractivity (Wildman–Crippen MR) is 71.8 cm³/mol.